The van der Waals surface area contributed by atoms with Crippen LogP contribution in [-0.2, 0) is 6.54 Å². The highest BCUT2D eigenvalue weighted by atomic mass is 16.5. The zero-order chi connectivity index (χ0) is 15.2. The van der Waals surface area contributed by atoms with Crippen LogP contribution in [0, 0.1) is 0 Å². The van der Waals surface area contributed by atoms with E-state index in [9.17, 15) is 0 Å². The number of hydrogen-bond acceptors (Lipinski definition) is 6. The monoisotopic (exact) mass is 299 g/mol. The third-order valence-corrected chi connectivity index (χ3v) is 3.81. The molecule has 0 amide bonds. The van der Waals surface area contributed by atoms with Gasteiger partial charge in [-0.15, -0.1) is 0 Å². The van der Waals surface area contributed by atoms with Crippen molar-refractivity contribution in [1.29, 1.82) is 0 Å². The molecule has 1 fully saturated rings. The molecule has 116 valence electrons. The quantitative estimate of drug-likeness (QED) is 0.910. The van der Waals surface area contributed by atoms with Crippen molar-refractivity contribution in [2.45, 2.75) is 25.4 Å². The van der Waals surface area contributed by atoms with E-state index in [1.165, 1.54) is 12.0 Å². The molecule has 0 radical (unpaired) electrons. The fourth-order valence-corrected chi connectivity index (χ4v) is 2.77. The van der Waals surface area contributed by atoms with Gasteiger partial charge >= 0.3 is 0 Å². The lowest BCUT2D eigenvalue weighted by molar-refractivity contribution is 0.208. The van der Waals surface area contributed by atoms with Crippen LogP contribution in [0.25, 0.3) is 0 Å². The summed E-state index contributed by atoms with van der Waals surface area (Å²) in [4.78, 5) is 15.2. The molecule has 2 aromatic rings. The molecule has 2 aromatic heterocycles. The standard InChI is InChI=1S/C16H21N5O/c1-22-15-6-8-18-16(20-15)19-14-5-3-9-21(12-14)11-13-4-2-7-17-10-13/h2,4,6-8,10,14H,3,5,9,11-12H2,1H3,(H,18,19,20)/t14-/m1/s1. The molecule has 1 N–H and O–H groups in total. The molecule has 0 bridgehead atoms. The van der Waals surface area contributed by atoms with Gasteiger partial charge in [-0.2, -0.15) is 4.98 Å². The van der Waals surface area contributed by atoms with Crippen LogP contribution in [0.15, 0.2) is 36.8 Å². The van der Waals surface area contributed by atoms with E-state index < -0.39 is 0 Å². The lowest BCUT2D eigenvalue weighted by atomic mass is 10.1. The molecule has 0 saturated carbocycles. The van der Waals surface area contributed by atoms with Crippen LogP contribution in [0.5, 0.6) is 5.88 Å². The van der Waals surface area contributed by atoms with Crippen LogP contribution in [0.3, 0.4) is 0 Å². The van der Waals surface area contributed by atoms with E-state index in [4.69, 9.17) is 4.74 Å². The number of aromatic nitrogens is 3. The minimum atomic E-state index is 0.359. The zero-order valence-corrected chi connectivity index (χ0v) is 12.8. The number of anilines is 1. The second kappa shape index (κ2) is 7.17. The number of nitrogens with zero attached hydrogens (tertiary/aromatic N) is 4. The van der Waals surface area contributed by atoms with Crippen molar-refractivity contribution in [3.05, 3.63) is 42.4 Å². The van der Waals surface area contributed by atoms with Crippen molar-refractivity contribution < 1.29 is 4.74 Å². The van der Waals surface area contributed by atoms with Gasteiger partial charge in [-0.25, -0.2) is 4.98 Å². The van der Waals surface area contributed by atoms with Crippen molar-refractivity contribution in [3.63, 3.8) is 0 Å². The number of ether oxygens (including phenoxy) is 1. The van der Waals surface area contributed by atoms with E-state index in [-0.39, 0.29) is 0 Å². The van der Waals surface area contributed by atoms with Gasteiger partial charge in [0.25, 0.3) is 0 Å². The topological polar surface area (TPSA) is 63.2 Å². The van der Waals surface area contributed by atoms with Crippen LogP contribution in [-0.4, -0.2) is 46.1 Å². The second-order valence-electron chi connectivity index (χ2n) is 5.50. The summed E-state index contributed by atoms with van der Waals surface area (Å²) in [7, 11) is 1.61. The maximum Gasteiger partial charge on any atom is 0.226 e. The molecule has 3 heterocycles. The molecular weight excluding hydrogens is 278 g/mol. The molecule has 3 rings (SSSR count). The normalized spacial score (nSPS) is 18.9. The van der Waals surface area contributed by atoms with Gasteiger partial charge in [0.05, 0.1) is 7.11 Å². The Hall–Kier alpha value is -2.21. The van der Waals surface area contributed by atoms with Gasteiger partial charge < -0.3 is 10.1 Å². The maximum atomic E-state index is 5.14. The summed E-state index contributed by atoms with van der Waals surface area (Å²) in [6.07, 6.45) is 7.75. The molecule has 0 spiro atoms. The summed E-state index contributed by atoms with van der Waals surface area (Å²) in [6.45, 7) is 3.03. The van der Waals surface area contributed by atoms with Crippen LogP contribution in [0.2, 0.25) is 0 Å². The number of rotatable bonds is 5. The van der Waals surface area contributed by atoms with Gasteiger partial charge in [0.2, 0.25) is 11.8 Å². The first-order chi connectivity index (χ1) is 10.8. The summed E-state index contributed by atoms with van der Waals surface area (Å²) in [5.74, 6) is 1.22. The van der Waals surface area contributed by atoms with Crippen molar-refractivity contribution in [2.75, 3.05) is 25.5 Å². The highest BCUT2D eigenvalue weighted by molar-refractivity contribution is 5.29. The summed E-state index contributed by atoms with van der Waals surface area (Å²) in [5, 5.41) is 3.41. The lowest BCUT2D eigenvalue weighted by Gasteiger charge is -2.33. The van der Waals surface area contributed by atoms with Crippen LogP contribution < -0.4 is 10.1 Å². The summed E-state index contributed by atoms with van der Waals surface area (Å²) >= 11 is 0. The van der Waals surface area contributed by atoms with Crippen LogP contribution in [0.4, 0.5) is 5.95 Å². The Bertz CT molecular complexity index is 592. The smallest absolute Gasteiger partial charge is 0.226 e. The first-order valence-corrected chi connectivity index (χ1v) is 7.58. The molecule has 0 aromatic carbocycles. The first-order valence-electron chi connectivity index (χ1n) is 7.58. The van der Waals surface area contributed by atoms with Gasteiger partial charge in [-0.1, -0.05) is 6.07 Å². The highest BCUT2D eigenvalue weighted by Crippen LogP contribution is 2.17. The predicted molar refractivity (Wildman–Crippen MR) is 84.7 cm³/mol. The maximum absolute atomic E-state index is 5.14. The predicted octanol–water partition coefficient (Wildman–Crippen LogP) is 1.96. The molecule has 1 aliphatic rings. The molecule has 0 aliphatic carbocycles. The van der Waals surface area contributed by atoms with E-state index in [0.717, 1.165) is 26.1 Å². The third-order valence-electron chi connectivity index (χ3n) is 3.81. The average Bonchev–Trinajstić information content (AvgIpc) is 2.56. The van der Waals surface area contributed by atoms with Gasteiger partial charge in [-0.05, 0) is 31.0 Å². The minimum absolute atomic E-state index is 0.359. The number of methoxy groups -OCH3 is 1. The lowest BCUT2D eigenvalue weighted by Crippen LogP contribution is -2.41. The van der Waals surface area contributed by atoms with Crippen molar-refractivity contribution >= 4 is 5.95 Å². The fraction of sp³-hybridized carbons (Fsp3) is 0.438. The number of nitrogens with one attached hydrogen (secondary N) is 1. The fourth-order valence-electron chi connectivity index (χ4n) is 2.77. The summed E-state index contributed by atoms with van der Waals surface area (Å²) in [5.41, 5.74) is 1.25. The number of likely N-dealkylation sites (tertiary alicyclic amines) is 1. The van der Waals surface area contributed by atoms with Gasteiger partial charge in [0.15, 0.2) is 0 Å². The average molecular weight is 299 g/mol. The Morgan fingerprint density at radius 3 is 3.14 bits per heavy atom. The van der Waals surface area contributed by atoms with Gasteiger partial charge in [0, 0.05) is 43.8 Å². The molecule has 0 unspecified atom stereocenters. The van der Waals surface area contributed by atoms with Gasteiger partial charge in [-0.3, -0.25) is 9.88 Å². The summed E-state index contributed by atoms with van der Waals surface area (Å²) in [6, 6.07) is 6.22. The van der Waals surface area contributed by atoms with E-state index in [1.807, 2.05) is 18.5 Å². The minimum Gasteiger partial charge on any atom is -0.481 e. The molecule has 6 nitrogen and oxygen atoms in total. The van der Waals surface area contributed by atoms with Crippen molar-refractivity contribution in [1.82, 2.24) is 19.9 Å². The number of hydrogen-bond donors (Lipinski definition) is 1. The molecular formula is C16H21N5O. The van der Waals surface area contributed by atoms with E-state index in [0.29, 0.717) is 17.9 Å². The highest BCUT2D eigenvalue weighted by Gasteiger charge is 2.20. The Labute approximate surface area is 130 Å². The molecule has 22 heavy (non-hydrogen) atoms. The molecule has 6 heteroatoms. The molecule has 1 aliphatic heterocycles. The largest absolute Gasteiger partial charge is 0.481 e. The van der Waals surface area contributed by atoms with E-state index >= 15 is 0 Å². The molecule has 1 atom stereocenters. The number of pyridine rings is 1. The zero-order valence-electron chi connectivity index (χ0n) is 12.8. The Morgan fingerprint density at radius 1 is 1.36 bits per heavy atom. The van der Waals surface area contributed by atoms with E-state index in [2.05, 4.69) is 31.2 Å². The van der Waals surface area contributed by atoms with E-state index in [1.54, 1.807) is 19.4 Å². The van der Waals surface area contributed by atoms with Crippen LogP contribution in [0.1, 0.15) is 18.4 Å². The number of piperidine rings is 1. The first kappa shape index (κ1) is 14.7. The Kier molecular flexibility index (Phi) is 4.80. The second-order valence-corrected chi connectivity index (χ2v) is 5.50. The third kappa shape index (κ3) is 3.92. The summed E-state index contributed by atoms with van der Waals surface area (Å²) < 4.78 is 5.14. The van der Waals surface area contributed by atoms with Crippen LogP contribution >= 0.6 is 0 Å². The Morgan fingerprint density at radius 2 is 2.32 bits per heavy atom. The Balaban J connectivity index is 1.58. The van der Waals surface area contributed by atoms with Gasteiger partial charge in [0.1, 0.15) is 0 Å². The van der Waals surface area contributed by atoms with Crippen molar-refractivity contribution in [2.24, 2.45) is 0 Å². The molecule has 1 saturated heterocycles. The SMILES string of the molecule is COc1ccnc(N[C@@H]2CCCN(Cc3cccnc3)C2)n1. The van der Waals surface area contributed by atoms with Crippen molar-refractivity contribution in [3.8, 4) is 5.88 Å².